The number of hydrogen-bond donors (Lipinski definition) is 1. The van der Waals surface area contributed by atoms with Crippen molar-refractivity contribution >= 4 is 39.0 Å². The molecule has 2 aromatic heterocycles. The van der Waals surface area contributed by atoms with Crippen LogP contribution in [0.25, 0.3) is 22.2 Å². The quantitative estimate of drug-likeness (QED) is 0.350. The molecular formula is C20H15N3O5S. The van der Waals surface area contributed by atoms with Gasteiger partial charge in [0.2, 0.25) is 0 Å². The van der Waals surface area contributed by atoms with Crippen LogP contribution in [0.1, 0.15) is 17.5 Å². The van der Waals surface area contributed by atoms with E-state index in [4.69, 9.17) is 9.15 Å². The Morgan fingerprint density at radius 1 is 1.28 bits per heavy atom. The number of non-ortho nitro benzene ring substituents is 1. The van der Waals surface area contributed by atoms with Crippen molar-refractivity contribution in [1.82, 2.24) is 4.98 Å². The lowest BCUT2D eigenvalue weighted by Gasteiger charge is -2.02. The van der Waals surface area contributed by atoms with Crippen LogP contribution in [0.15, 0.2) is 58.3 Å². The molecule has 4 rings (SSSR count). The number of carbonyl (C=O) groups excluding carboxylic acids is 1. The maximum Gasteiger partial charge on any atom is 0.293 e. The van der Waals surface area contributed by atoms with Gasteiger partial charge >= 0.3 is 0 Å². The minimum Gasteiger partial charge on any atom is -0.490 e. The largest absolute Gasteiger partial charge is 0.490 e. The van der Waals surface area contributed by atoms with E-state index in [1.165, 1.54) is 23.5 Å². The number of furan rings is 1. The van der Waals surface area contributed by atoms with Gasteiger partial charge in [-0.25, -0.2) is 4.98 Å². The molecule has 29 heavy (non-hydrogen) atoms. The summed E-state index contributed by atoms with van der Waals surface area (Å²) < 4.78 is 11.2. The maximum absolute atomic E-state index is 12.6. The molecule has 8 nitrogen and oxygen atoms in total. The van der Waals surface area contributed by atoms with E-state index in [1.807, 2.05) is 19.1 Å². The molecule has 0 aliphatic carbocycles. The lowest BCUT2D eigenvalue weighted by atomic mass is 10.1. The first-order valence-corrected chi connectivity index (χ1v) is 9.60. The molecule has 0 aliphatic heterocycles. The molecule has 0 saturated carbocycles. The molecule has 0 spiro atoms. The summed E-state index contributed by atoms with van der Waals surface area (Å²) in [6.07, 6.45) is 0. The SMILES string of the molecule is CCOc1cccc2cc(C(=O)Nc3nc(-c4cccc([N+](=O)[O-])c4)cs3)oc12. The van der Waals surface area contributed by atoms with Gasteiger partial charge in [-0.1, -0.05) is 24.3 Å². The zero-order valence-corrected chi connectivity index (χ0v) is 16.1. The van der Waals surface area contributed by atoms with Crippen molar-refractivity contribution in [2.75, 3.05) is 11.9 Å². The minimum atomic E-state index is -0.462. The molecule has 0 bridgehead atoms. The van der Waals surface area contributed by atoms with Crippen molar-refractivity contribution in [3.8, 4) is 17.0 Å². The van der Waals surface area contributed by atoms with Gasteiger partial charge in [-0.05, 0) is 19.1 Å². The number of fused-ring (bicyclic) bond motifs is 1. The topological polar surface area (TPSA) is 108 Å². The fourth-order valence-corrected chi connectivity index (χ4v) is 3.53. The summed E-state index contributed by atoms with van der Waals surface area (Å²) in [6.45, 7) is 2.36. The number of rotatable bonds is 6. The van der Waals surface area contributed by atoms with Crippen LogP contribution in [-0.4, -0.2) is 22.4 Å². The second kappa shape index (κ2) is 7.72. The zero-order valence-electron chi connectivity index (χ0n) is 15.2. The van der Waals surface area contributed by atoms with Gasteiger partial charge < -0.3 is 9.15 Å². The van der Waals surface area contributed by atoms with E-state index in [1.54, 1.807) is 29.6 Å². The van der Waals surface area contributed by atoms with E-state index in [-0.39, 0.29) is 11.4 Å². The molecule has 0 atom stereocenters. The summed E-state index contributed by atoms with van der Waals surface area (Å²) >= 11 is 1.22. The number of hydrogen-bond acceptors (Lipinski definition) is 7. The Labute approximate surface area is 168 Å². The van der Waals surface area contributed by atoms with Crippen molar-refractivity contribution in [3.05, 3.63) is 69.8 Å². The van der Waals surface area contributed by atoms with E-state index in [0.29, 0.717) is 34.3 Å². The van der Waals surface area contributed by atoms with Gasteiger partial charge in [0.1, 0.15) is 0 Å². The Bertz CT molecular complexity index is 1210. The Morgan fingerprint density at radius 3 is 2.90 bits per heavy atom. The van der Waals surface area contributed by atoms with Gasteiger partial charge in [-0.2, -0.15) is 0 Å². The van der Waals surface area contributed by atoms with Crippen LogP contribution in [0.5, 0.6) is 5.75 Å². The van der Waals surface area contributed by atoms with Crippen LogP contribution in [-0.2, 0) is 0 Å². The number of nitrogens with one attached hydrogen (secondary N) is 1. The average Bonchev–Trinajstić information content (AvgIpc) is 3.36. The normalized spacial score (nSPS) is 10.8. The lowest BCUT2D eigenvalue weighted by molar-refractivity contribution is -0.384. The highest BCUT2D eigenvalue weighted by atomic mass is 32.1. The highest BCUT2D eigenvalue weighted by molar-refractivity contribution is 7.14. The molecule has 4 aromatic rings. The Morgan fingerprint density at radius 2 is 2.10 bits per heavy atom. The number of nitro groups is 1. The predicted octanol–water partition coefficient (Wildman–Crippen LogP) is 5.12. The highest BCUT2D eigenvalue weighted by Crippen LogP contribution is 2.30. The summed E-state index contributed by atoms with van der Waals surface area (Å²) in [7, 11) is 0. The summed E-state index contributed by atoms with van der Waals surface area (Å²) in [5.41, 5.74) is 1.63. The third-order valence-electron chi connectivity index (χ3n) is 4.11. The first-order valence-electron chi connectivity index (χ1n) is 8.72. The van der Waals surface area contributed by atoms with Gasteiger partial charge in [-0.3, -0.25) is 20.2 Å². The van der Waals surface area contributed by atoms with E-state index >= 15 is 0 Å². The van der Waals surface area contributed by atoms with Crippen LogP contribution in [0.3, 0.4) is 0 Å². The summed E-state index contributed by atoms with van der Waals surface area (Å²) in [4.78, 5) is 27.4. The Hall–Kier alpha value is -3.72. The molecule has 2 heterocycles. The molecule has 0 saturated heterocycles. The van der Waals surface area contributed by atoms with Gasteiger partial charge in [0.25, 0.3) is 11.6 Å². The van der Waals surface area contributed by atoms with E-state index < -0.39 is 10.8 Å². The van der Waals surface area contributed by atoms with Crippen molar-refractivity contribution in [3.63, 3.8) is 0 Å². The molecule has 2 aromatic carbocycles. The number of nitro benzene ring substituents is 1. The number of nitrogens with zero attached hydrogens (tertiary/aromatic N) is 2. The first kappa shape index (κ1) is 18.6. The molecule has 1 N–H and O–H groups in total. The summed E-state index contributed by atoms with van der Waals surface area (Å²) in [5, 5.41) is 16.5. The predicted molar refractivity (Wildman–Crippen MR) is 110 cm³/mol. The fraction of sp³-hybridized carbons (Fsp3) is 0.100. The number of thiazole rings is 1. The molecule has 0 radical (unpaired) electrons. The van der Waals surface area contributed by atoms with Crippen molar-refractivity contribution in [2.24, 2.45) is 0 Å². The van der Waals surface area contributed by atoms with Crippen molar-refractivity contribution in [1.29, 1.82) is 0 Å². The lowest BCUT2D eigenvalue weighted by Crippen LogP contribution is -2.10. The molecule has 1 amide bonds. The van der Waals surface area contributed by atoms with Gasteiger partial charge in [0.05, 0.1) is 17.2 Å². The summed E-state index contributed by atoms with van der Waals surface area (Å²) in [5.74, 6) is 0.272. The summed E-state index contributed by atoms with van der Waals surface area (Å²) in [6, 6.07) is 13.3. The molecule has 0 aliphatic rings. The third kappa shape index (κ3) is 3.81. The van der Waals surface area contributed by atoms with Crippen molar-refractivity contribution < 1.29 is 18.9 Å². The monoisotopic (exact) mass is 409 g/mol. The molecule has 9 heteroatoms. The fourth-order valence-electron chi connectivity index (χ4n) is 2.82. The van der Waals surface area contributed by atoms with Crippen LogP contribution in [0.4, 0.5) is 10.8 Å². The highest BCUT2D eigenvalue weighted by Gasteiger charge is 2.17. The van der Waals surface area contributed by atoms with E-state index in [2.05, 4.69) is 10.3 Å². The third-order valence-corrected chi connectivity index (χ3v) is 4.87. The van der Waals surface area contributed by atoms with Gasteiger partial charge in [0.15, 0.2) is 22.2 Å². The van der Waals surface area contributed by atoms with Crippen LogP contribution in [0, 0.1) is 10.1 Å². The van der Waals surface area contributed by atoms with Crippen LogP contribution < -0.4 is 10.1 Å². The number of ether oxygens (including phenoxy) is 1. The second-order valence-corrected chi connectivity index (χ2v) is 6.88. The number of benzene rings is 2. The number of para-hydroxylation sites is 1. The van der Waals surface area contributed by atoms with Crippen molar-refractivity contribution in [2.45, 2.75) is 6.92 Å². The van der Waals surface area contributed by atoms with Crippen LogP contribution >= 0.6 is 11.3 Å². The molecular weight excluding hydrogens is 394 g/mol. The number of aromatic nitrogens is 1. The number of anilines is 1. The first-order chi connectivity index (χ1) is 14.0. The molecule has 0 unspecified atom stereocenters. The maximum atomic E-state index is 12.6. The van der Waals surface area contributed by atoms with Gasteiger partial charge in [-0.15, -0.1) is 11.3 Å². The average molecular weight is 409 g/mol. The van der Waals surface area contributed by atoms with Gasteiger partial charge in [0, 0.05) is 28.5 Å². The molecule has 0 fully saturated rings. The second-order valence-electron chi connectivity index (χ2n) is 6.02. The van der Waals surface area contributed by atoms with E-state index in [9.17, 15) is 14.9 Å². The zero-order chi connectivity index (χ0) is 20.4. The standard InChI is InChI=1S/C20H15N3O5S/c1-2-27-16-8-4-6-13-10-17(28-18(13)16)19(24)22-20-21-15(11-29-20)12-5-3-7-14(9-12)23(25)26/h3-11H,2H2,1H3,(H,21,22,24). The smallest absolute Gasteiger partial charge is 0.293 e. The Balaban J connectivity index is 1.55. The minimum absolute atomic E-state index is 0.0199. The van der Waals surface area contributed by atoms with E-state index in [0.717, 1.165) is 5.39 Å². The Kier molecular flexibility index (Phi) is 4.96. The van der Waals surface area contributed by atoms with Crippen LogP contribution in [0.2, 0.25) is 0 Å². The number of amides is 1. The molecule has 146 valence electrons. The number of carbonyl (C=O) groups is 1.